The number of ether oxygens (including phenoxy) is 1. The minimum Gasteiger partial charge on any atom is -0.469 e. The number of carbonyl (C=O) groups excluding carboxylic acids is 2. The first-order valence-corrected chi connectivity index (χ1v) is 7.73. The zero-order valence-corrected chi connectivity index (χ0v) is 14.1. The molecule has 23 heavy (non-hydrogen) atoms. The minimum absolute atomic E-state index is 0.0332. The van der Waals surface area contributed by atoms with E-state index >= 15 is 0 Å². The van der Waals surface area contributed by atoms with Gasteiger partial charge in [0.25, 0.3) is 5.91 Å². The second-order valence-corrected chi connectivity index (χ2v) is 5.78. The van der Waals surface area contributed by atoms with Crippen LogP contribution in [0.15, 0.2) is 45.5 Å². The van der Waals surface area contributed by atoms with Crippen LogP contribution in [0.25, 0.3) is 0 Å². The molecule has 6 nitrogen and oxygen atoms in total. The zero-order chi connectivity index (χ0) is 16.8. The summed E-state index contributed by atoms with van der Waals surface area (Å²) in [6.45, 7) is 0.214. The third kappa shape index (κ3) is 4.67. The summed E-state index contributed by atoms with van der Waals surface area (Å²) in [6.07, 6.45) is 1.37. The van der Waals surface area contributed by atoms with Crippen molar-refractivity contribution in [3.05, 3.63) is 58.0 Å². The van der Waals surface area contributed by atoms with E-state index in [9.17, 15) is 9.59 Å². The van der Waals surface area contributed by atoms with Crippen molar-refractivity contribution in [1.29, 1.82) is 0 Å². The Hall–Kier alpha value is -2.12. The molecule has 1 unspecified atom stereocenters. The second-order valence-electron chi connectivity index (χ2n) is 4.86. The Kier molecular flexibility index (Phi) is 5.95. The van der Waals surface area contributed by atoms with E-state index in [1.54, 1.807) is 6.07 Å². The van der Waals surface area contributed by atoms with Gasteiger partial charge in [0.15, 0.2) is 0 Å². The van der Waals surface area contributed by atoms with Crippen LogP contribution in [0.4, 0.5) is 0 Å². The lowest BCUT2D eigenvalue weighted by Gasteiger charge is -2.18. The number of nitrogens with one attached hydrogen (secondary N) is 1. The molecule has 0 radical (unpaired) electrons. The number of hydrogen-bond donors (Lipinski definition) is 2. The molecule has 0 saturated carbocycles. The van der Waals surface area contributed by atoms with Crippen LogP contribution >= 0.6 is 15.9 Å². The van der Waals surface area contributed by atoms with E-state index in [1.165, 1.54) is 13.4 Å². The molecule has 1 amide bonds. The lowest BCUT2D eigenvalue weighted by molar-refractivity contribution is -0.141. The van der Waals surface area contributed by atoms with E-state index in [0.29, 0.717) is 11.3 Å². The number of furan rings is 1. The van der Waals surface area contributed by atoms with Crippen molar-refractivity contribution >= 4 is 27.8 Å². The van der Waals surface area contributed by atoms with E-state index in [4.69, 9.17) is 14.9 Å². The third-order valence-electron chi connectivity index (χ3n) is 3.29. The summed E-state index contributed by atoms with van der Waals surface area (Å²) in [6, 6.07) is 8.43. The predicted molar refractivity (Wildman–Crippen MR) is 87.6 cm³/mol. The van der Waals surface area contributed by atoms with Crippen molar-refractivity contribution in [1.82, 2.24) is 5.32 Å². The molecule has 2 rings (SSSR count). The Bertz CT molecular complexity index is 682. The molecule has 1 aromatic heterocycles. The van der Waals surface area contributed by atoms with Crippen LogP contribution in [0.3, 0.4) is 0 Å². The van der Waals surface area contributed by atoms with Crippen LogP contribution in [0.5, 0.6) is 0 Å². The number of rotatable bonds is 6. The fourth-order valence-corrected chi connectivity index (χ4v) is 2.31. The Morgan fingerprint density at radius 1 is 1.35 bits per heavy atom. The van der Waals surface area contributed by atoms with Gasteiger partial charge in [0.2, 0.25) is 0 Å². The van der Waals surface area contributed by atoms with Crippen LogP contribution in [-0.4, -0.2) is 19.0 Å². The molecule has 2 aromatic rings. The molecule has 1 aromatic carbocycles. The van der Waals surface area contributed by atoms with Crippen molar-refractivity contribution in [2.75, 3.05) is 7.11 Å². The molecule has 1 atom stereocenters. The highest BCUT2D eigenvalue weighted by atomic mass is 79.9. The van der Waals surface area contributed by atoms with Crippen LogP contribution in [-0.2, 0) is 16.1 Å². The molecule has 7 heteroatoms. The SMILES string of the molecule is COC(=O)CC(NC(=O)c1coc(CN)c1)c1ccc(Br)cc1. The van der Waals surface area contributed by atoms with Crippen molar-refractivity contribution in [2.45, 2.75) is 19.0 Å². The third-order valence-corrected chi connectivity index (χ3v) is 3.82. The highest BCUT2D eigenvalue weighted by Gasteiger charge is 2.20. The van der Waals surface area contributed by atoms with E-state index in [0.717, 1.165) is 10.0 Å². The topological polar surface area (TPSA) is 94.6 Å². The van der Waals surface area contributed by atoms with Crippen molar-refractivity contribution in [3.63, 3.8) is 0 Å². The van der Waals surface area contributed by atoms with Gasteiger partial charge in [-0.3, -0.25) is 9.59 Å². The maximum Gasteiger partial charge on any atom is 0.307 e. The van der Waals surface area contributed by atoms with Crippen LogP contribution in [0.2, 0.25) is 0 Å². The maximum atomic E-state index is 12.3. The number of amides is 1. The summed E-state index contributed by atoms with van der Waals surface area (Å²) in [5, 5.41) is 2.82. The van der Waals surface area contributed by atoms with Gasteiger partial charge >= 0.3 is 5.97 Å². The molecule has 0 aliphatic rings. The van der Waals surface area contributed by atoms with E-state index in [2.05, 4.69) is 21.2 Å². The molecule has 1 heterocycles. The highest BCUT2D eigenvalue weighted by molar-refractivity contribution is 9.10. The summed E-state index contributed by atoms with van der Waals surface area (Å²) in [5.41, 5.74) is 6.62. The quantitative estimate of drug-likeness (QED) is 0.750. The van der Waals surface area contributed by atoms with Gasteiger partial charge in [0, 0.05) is 4.47 Å². The monoisotopic (exact) mass is 380 g/mol. The fourth-order valence-electron chi connectivity index (χ4n) is 2.05. The molecule has 0 saturated heterocycles. The first-order chi connectivity index (χ1) is 11.0. The van der Waals surface area contributed by atoms with Gasteiger partial charge in [0.05, 0.1) is 31.7 Å². The molecule has 0 aliphatic carbocycles. The van der Waals surface area contributed by atoms with E-state index in [-0.39, 0.29) is 18.9 Å². The molecule has 0 fully saturated rings. The second kappa shape index (κ2) is 7.94. The normalized spacial score (nSPS) is 11.8. The standard InChI is InChI=1S/C16H17BrN2O4/c1-22-15(20)7-14(10-2-4-12(17)5-3-10)19-16(21)11-6-13(8-18)23-9-11/h2-6,9,14H,7-8,18H2,1H3,(H,19,21). The zero-order valence-electron chi connectivity index (χ0n) is 12.5. The fraction of sp³-hybridized carbons (Fsp3) is 0.250. The van der Waals surface area contributed by atoms with Gasteiger partial charge < -0.3 is 20.2 Å². The number of esters is 1. The van der Waals surface area contributed by atoms with Gasteiger partial charge in [-0.25, -0.2) is 0 Å². The minimum atomic E-state index is -0.501. The molecule has 0 spiro atoms. The van der Waals surface area contributed by atoms with Gasteiger partial charge in [0.1, 0.15) is 12.0 Å². The Morgan fingerprint density at radius 3 is 2.61 bits per heavy atom. The van der Waals surface area contributed by atoms with Gasteiger partial charge in [-0.2, -0.15) is 0 Å². The molecular formula is C16H17BrN2O4. The molecular weight excluding hydrogens is 364 g/mol. The summed E-state index contributed by atoms with van der Waals surface area (Å²) < 4.78 is 10.8. The molecule has 122 valence electrons. The summed E-state index contributed by atoms with van der Waals surface area (Å²) >= 11 is 3.35. The van der Waals surface area contributed by atoms with Crippen molar-refractivity contribution in [2.24, 2.45) is 5.73 Å². The molecule has 0 bridgehead atoms. The summed E-state index contributed by atoms with van der Waals surface area (Å²) in [7, 11) is 1.31. The molecule has 3 N–H and O–H groups in total. The van der Waals surface area contributed by atoms with Gasteiger partial charge in [-0.05, 0) is 23.8 Å². The maximum absolute atomic E-state index is 12.3. The van der Waals surface area contributed by atoms with Crippen molar-refractivity contribution < 1.29 is 18.7 Å². The predicted octanol–water partition coefficient (Wildman–Crippen LogP) is 2.54. The van der Waals surface area contributed by atoms with Crippen LogP contribution in [0, 0.1) is 0 Å². The Balaban J connectivity index is 2.17. The van der Waals surface area contributed by atoms with Gasteiger partial charge in [-0.15, -0.1) is 0 Å². The first kappa shape index (κ1) is 17.2. The lowest BCUT2D eigenvalue weighted by atomic mass is 10.0. The Labute approximate surface area is 142 Å². The number of hydrogen-bond acceptors (Lipinski definition) is 5. The first-order valence-electron chi connectivity index (χ1n) is 6.94. The largest absolute Gasteiger partial charge is 0.469 e. The average Bonchev–Trinajstić information content (AvgIpc) is 3.04. The lowest BCUT2D eigenvalue weighted by Crippen LogP contribution is -2.30. The molecule has 0 aliphatic heterocycles. The smallest absolute Gasteiger partial charge is 0.307 e. The highest BCUT2D eigenvalue weighted by Crippen LogP contribution is 2.21. The number of nitrogens with two attached hydrogens (primary N) is 1. The van der Waals surface area contributed by atoms with E-state index in [1.807, 2.05) is 24.3 Å². The summed E-state index contributed by atoms with van der Waals surface area (Å²) in [5.74, 6) is -0.235. The van der Waals surface area contributed by atoms with Crippen LogP contribution < -0.4 is 11.1 Å². The number of carbonyl (C=O) groups is 2. The Morgan fingerprint density at radius 2 is 2.04 bits per heavy atom. The van der Waals surface area contributed by atoms with Crippen LogP contribution in [0.1, 0.15) is 34.1 Å². The average molecular weight is 381 g/mol. The van der Waals surface area contributed by atoms with Gasteiger partial charge in [-0.1, -0.05) is 28.1 Å². The summed E-state index contributed by atoms with van der Waals surface area (Å²) in [4.78, 5) is 23.9. The van der Waals surface area contributed by atoms with Crippen molar-refractivity contribution in [3.8, 4) is 0 Å². The number of methoxy groups -OCH3 is 1. The van der Waals surface area contributed by atoms with E-state index < -0.39 is 12.0 Å². The number of halogens is 1. The number of benzene rings is 1.